The van der Waals surface area contributed by atoms with Crippen LogP contribution in [0, 0.1) is 0 Å². The maximum atomic E-state index is 11.5. The van der Waals surface area contributed by atoms with Gasteiger partial charge in [0.2, 0.25) is 5.91 Å². The molecule has 3 N–H and O–H groups in total. The maximum Gasteiger partial charge on any atom is 0.236 e. The molecule has 112 valence electrons. The lowest BCUT2D eigenvalue weighted by atomic mass is 9.92. The Balaban J connectivity index is 0.00000180. The molecule has 1 amide bonds. The molecule has 1 heterocycles. The van der Waals surface area contributed by atoms with Crippen LogP contribution < -0.4 is 11.1 Å². The van der Waals surface area contributed by atoms with Gasteiger partial charge in [0.15, 0.2) is 0 Å². The predicted octanol–water partition coefficient (Wildman–Crippen LogP) is 1.67. The lowest BCUT2D eigenvalue weighted by Crippen LogP contribution is -2.50. The van der Waals surface area contributed by atoms with E-state index in [0.29, 0.717) is 6.04 Å². The van der Waals surface area contributed by atoms with E-state index in [1.54, 1.807) is 6.92 Å². The predicted molar refractivity (Wildman–Crippen MR) is 80.5 cm³/mol. The van der Waals surface area contributed by atoms with Gasteiger partial charge in [-0.2, -0.15) is 0 Å². The molecule has 1 unspecified atom stereocenters. The molecular weight excluding hydrogens is 262 g/mol. The molecule has 0 spiro atoms. The fourth-order valence-corrected chi connectivity index (χ4v) is 3.19. The van der Waals surface area contributed by atoms with Gasteiger partial charge in [-0.3, -0.25) is 4.79 Å². The lowest BCUT2D eigenvalue weighted by molar-refractivity contribution is -0.123. The zero-order chi connectivity index (χ0) is 13.0. The summed E-state index contributed by atoms with van der Waals surface area (Å²) in [5.41, 5.74) is 5.57. The molecule has 0 radical (unpaired) electrons. The Morgan fingerprint density at radius 1 is 1.16 bits per heavy atom. The van der Waals surface area contributed by atoms with E-state index in [4.69, 9.17) is 5.73 Å². The van der Waals surface area contributed by atoms with Crippen LogP contribution in [0.3, 0.4) is 0 Å². The van der Waals surface area contributed by atoms with E-state index >= 15 is 0 Å². The number of nitrogens with zero attached hydrogens (tertiary/aromatic N) is 1. The van der Waals surface area contributed by atoms with Gasteiger partial charge in [0.1, 0.15) is 0 Å². The van der Waals surface area contributed by atoms with Gasteiger partial charge in [-0.25, -0.2) is 0 Å². The first-order valence-electron chi connectivity index (χ1n) is 7.47. The molecular formula is C14H28ClN3O. The van der Waals surface area contributed by atoms with Crippen LogP contribution in [-0.2, 0) is 4.79 Å². The van der Waals surface area contributed by atoms with Crippen molar-refractivity contribution in [2.75, 3.05) is 13.1 Å². The summed E-state index contributed by atoms with van der Waals surface area (Å²) >= 11 is 0. The molecule has 1 aliphatic heterocycles. The average molecular weight is 290 g/mol. The van der Waals surface area contributed by atoms with Crippen LogP contribution in [0.15, 0.2) is 0 Å². The normalized spacial score (nSPS) is 24.5. The van der Waals surface area contributed by atoms with Crippen LogP contribution in [0.1, 0.15) is 51.9 Å². The van der Waals surface area contributed by atoms with Crippen molar-refractivity contribution in [1.29, 1.82) is 0 Å². The summed E-state index contributed by atoms with van der Waals surface area (Å²) in [6.45, 7) is 4.01. The van der Waals surface area contributed by atoms with Crippen LogP contribution in [0.5, 0.6) is 0 Å². The number of hydrogen-bond acceptors (Lipinski definition) is 3. The molecule has 4 nitrogen and oxygen atoms in total. The molecule has 2 fully saturated rings. The van der Waals surface area contributed by atoms with Crippen molar-refractivity contribution in [2.24, 2.45) is 5.73 Å². The fraction of sp³-hybridized carbons (Fsp3) is 0.929. The lowest BCUT2D eigenvalue weighted by Gasteiger charge is -2.39. The Morgan fingerprint density at radius 2 is 1.74 bits per heavy atom. The average Bonchev–Trinajstić information content (AvgIpc) is 2.40. The Morgan fingerprint density at radius 3 is 2.26 bits per heavy atom. The second-order valence-electron chi connectivity index (χ2n) is 5.90. The topological polar surface area (TPSA) is 58.4 Å². The first-order chi connectivity index (χ1) is 8.66. The van der Waals surface area contributed by atoms with E-state index in [9.17, 15) is 4.79 Å². The molecule has 0 aromatic heterocycles. The second-order valence-corrected chi connectivity index (χ2v) is 5.90. The highest BCUT2D eigenvalue weighted by Crippen LogP contribution is 2.25. The number of carbonyl (C=O) groups is 1. The zero-order valence-electron chi connectivity index (χ0n) is 11.9. The number of rotatable bonds is 3. The Labute approximate surface area is 122 Å². The van der Waals surface area contributed by atoms with Crippen molar-refractivity contribution in [3.05, 3.63) is 0 Å². The third-order valence-corrected chi connectivity index (χ3v) is 4.38. The first-order valence-corrected chi connectivity index (χ1v) is 7.47. The van der Waals surface area contributed by atoms with E-state index in [1.165, 1.54) is 32.1 Å². The minimum atomic E-state index is -0.388. The van der Waals surface area contributed by atoms with Crippen molar-refractivity contribution in [3.63, 3.8) is 0 Å². The molecule has 0 aromatic carbocycles. The van der Waals surface area contributed by atoms with Gasteiger partial charge in [-0.05, 0) is 32.6 Å². The maximum absolute atomic E-state index is 11.5. The first kappa shape index (κ1) is 16.7. The van der Waals surface area contributed by atoms with Crippen molar-refractivity contribution in [1.82, 2.24) is 10.2 Å². The van der Waals surface area contributed by atoms with Crippen LogP contribution in [0.25, 0.3) is 0 Å². The molecule has 0 bridgehead atoms. The van der Waals surface area contributed by atoms with Crippen LogP contribution in [0.2, 0.25) is 0 Å². The monoisotopic (exact) mass is 289 g/mol. The second kappa shape index (κ2) is 8.08. The molecule has 1 saturated heterocycles. The molecule has 2 rings (SSSR count). The molecule has 1 saturated carbocycles. The fourth-order valence-electron chi connectivity index (χ4n) is 3.19. The molecule has 1 aliphatic carbocycles. The summed E-state index contributed by atoms with van der Waals surface area (Å²) in [6, 6.07) is 0.758. The van der Waals surface area contributed by atoms with E-state index in [1.807, 2.05) is 0 Å². The number of nitrogens with two attached hydrogens (primary N) is 1. The number of halogens is 1. The van der Waals surface area contributed by atoms with Gasteiger partial charge in [0.25, 0.3) is 0 Å². The summed E-state index contributed by atoms with van der Waals surface area (Å²) in [5, 5.41) is 3.05. The summed E-state index contributed by atoms with van der Waals surface area (Å²) in [4.78, 5) is 14.2. The van der Waals surface area contributed by atoms with Gasteiger partial charge in [-0.1, -0.05) is 19.3 Å². The van der Waals surface area contributed by atoms with Crippen LogP contribution >= 0.6 is 12.4 Å². The quantitative estimate of drug-likeness (QED) is 0.831. The smallest absolute Gasteiger partial charge is 0.236 e. The van der Waals surface area contributed by atoms with Gasteiger partial charge >= 0.3 is 0 Å². The Hall–Kier alpha value is -0.320. The molecule has 1 atom stereocenters. The van der Waals surface area contributed by atoms with Gasteiger partial charge in [0.05, 0.1) is 6.04 Å². The third kappa shape index (κ3) is 4.93. The largest absolute Gasteiger partial charge is 0.352 e. The standard InChI is InChI=1S/C14H27N3O.ClH/c1-11(15)14(18)16-12-7-9-17(10-8-12)13-5-3-2-4-6-13;/h11-13H,2-10,15H2,1H3,(H,16,18);1H. The molecule has 19 heavy (non-hydrogen) atoms. The summed E-state index contributed by atoms with van der Waals surface area (Å²) in [7, 11) is 0. The number of hydrogen-bond donors (Lipinski definition) is 2. The summed E-state index contributed by atoms with van der Waals surface area (Å²) in [5.74, 6) is -0.00823. The van der Waals surface area contributed by atoms with Gasteiger partial charge in [0, 0.05) is 25.2 Å². The van der Waals surface area contributed by atoms with Gasteiger partial charge < -0.3 is 16.0 Å². The van der Waals surface area contributed by atoms with Gasteiger partial charge in [-0.15, -0.1) is 12.4 Å². The van der Waals surface area contributed by atoms with E-state index in [0.717, 1.165) is 32.0 Å². The molecule has 2 aliphatic rings. The summed E-state index contributed by atoms with van der Waals surface area (Å²) < 4.78 is 0. The number of amides is 1. The Bertz CT molecular complexity index is 272. The van der Waals surface area contributed by atoms with Crippen molar-refractivity contribution in [3.8, 4) is 0 Å². The SMILES string of the molecule is CC(N)C(=O)NC1CCN(C2CCCCC2)CC1.Cl. The highest BCUT2D eigenvalue weighted by molar-refractivity contribution is 5.85. The minimum absolute atomic E-state index is 0. The van der Waals surface area contributed by atoms with Crippen molar-refractivity contribution >= 4 is 18.3 Å². The summed E-state index contributed by atoms with van der Waals surface area (Å²) in [6.07, 6.45) is 9.10. The highest BCUT2D eigenvalue weighted by atomic mass is 35.5. The minimum Gasteiger partial charge on any atom is -0.352 e. The Kier molecular flexibility index (Phi) is 7.11. The molecule has 5 heteroatoms. The van der Waals surface area contributed by atoms with Crippen LogP contribution in [0.4, 0.5) is 0 Å². The van der Waals surface area contributed by atoms with E-state index < -0.39 is 0 Å². The molecule has 0 aromatic rings. The number of piperidine rings is 1. The highest BCUT2D eigenvalue weighted by Gasteiger charge is 2.27. The van der Waals surface area contributed by atoms with E-state index in [2.05, 4.69) is 10.2 Å². The number of carbonyl (C=O) groups excluding carboxylic acids is 1. The zero-order valence-corrected chi connectivity index (χ0v) is 12.8. The number of nitrogens with one attached hydrogen (secondary N) is 1. The van der Waals surface area contributed by atoms with Crippen LogP contribution in [-0.4, -0.2) is 42.0 Å². The third-order valence-electron chi connectivity index (χ3n) is 4.38. The van der Waals surface area contributed by atoms with Crippen molar-refractivity contribution in [2.45, 2.75) is 70.0 Å². The van der Waals surface area contributed by atoms with E-state index in [-0.39, 0.29) is 24.4 Å². The number of likely N-dealkylation sites (tertiary alicyclic amines) is 1. The van der Waals surface area contributed by atoms with Crippen molar-refractivity contribution < 1.29 is 4.79 Å².